The fourth-order valence-electron chi connectivity index (χ4n) is 2.45. The van der Waals surface area contributed by atoms with Crippen LogP contribution in [0.3, 0.4) is 0 Å². The molecule has 2 rings (SSSR count). The van der Waals surface area contributed by atoms with Crippen LogP contribution in [0.1, 0.15) is 17.5 Å². The van der Waals surface area contributed by atoms with Crippen LogP contribution in [0.5, 0.6) is 0 Å². The molecule has 1 atom stereocenters. The van der Waals surface area contributed by atoms with Gasteiger partial charge in [-0.3, -0.25) is 9.59 Å². The first-order valence-electron chi connectivity index (χ1n) is 6.71. The second kappa shape index (κ2) is 6.79. The molecular weight excluding hydrogens is 274 g/mol. The molecule has 1 fully saturated rings. The fourth-order valence-corrected chi connectivity index (χ4v) is 3.51. The van der Waals surface area contributed by atoms with E-state index in [-0.39, 0.29) is 18.4 Å². The van der Waals surface area contributed by atoms with Crippen LogP contribution < -0.4 is 0 Å². The van der Waals surface area contributed by atoms with Gasteiger partial charge in [-0.15, -0.1) is 0 Å². The van der Waals surface area contributed by atoms with Crippen molar-refractivity contribution in [3.8, 4) is 0 Å². The van der Waals surface area contributed by atoms with E-state index >= 15 is 0 Å². The molecule has 0 aliphatic carbocycles. The first-order chi connectivity index (χ1) is 9.56. The summed E-state index contributed by atoms with van der Waals surface area (Å²) in [6.07, 6.45) is 0.384. The molecule has 0 aromatic heterocycles. The maximum atomic E-state index is 12.4. The van der Waals surface area contributed by atoms with Crippen molar-refractivity contribution in [2.45, 2.75) is 25.8 Å². The third-order valence-corrected chi connectivity index (χ3v) is 4.49. The third-order valence-electron chi connectivity index (χ3n) is 3.40. The molecule has 0 spiro atoms. The number of carbonyl (C=O) groups excluding carboxylic acids is 1. The number of thioether (sulfide) groups is 1. The molecule has 1 aromatic rings. The predicted molar refractivity (Wildman–Crippen MR) is 80.0 cm³/mol. The molecule has 1 amide bonds. The average Bonchev–Trinajstić information content (AvgIpc) is 2.38. The summed E-state index contributed by atoms with van der Waals surface area (Å²) < 4.78 is 0. The maximum Gasteiger partial charge on any atom is 0.305 e. The first-order valence-corrected chi connectivity index (χ1v) is 7.86. The van der Waals surface area contributed by atoms with Gasteiger partial charge in [0.2, 0.25) is 5.91 Å². The molecule has 0 saturated carbocycles. The summed E-state index contributed by atoms with van der Waals surface area (Å²) in [5.74, 6) is 0.787. The van der Waals surface area contributed by atoms with Gasteiger partial charge in [0.15, 0.2) is 0 Å². The van der Waals surface area contributed by atoms with Gasteiger partial charge in [-0.05, 0) is 12.5 Å². The summed E-state index contributed by atoms with van der Waals surface area (Å²) in [6.45, 7) is 2.64. The lowest BCUT2D eigenvalue weighted by Gasteiger charge is -2.34. The third kappa shape index (κ3) is 4.00. The molecule has 1 unspecified atom stereocenters. The van der Waals surface area contributed by atoms with E-state index in [1.54, 1.807) is 16.7 Å². The van der Waals surface area contributed by atoms with Crippen LogP contribution in [-0.4, -0.2) is 46.0 Å². The molecule has 0 radical (unpaired) electrons. The SMILES string of the molecule is Cc1cccc(CC(=O)N2CCSCC2CC(=O)O)c1. The molecule has 1 N–H and O–H groups in total. The van der Waals surface area contributed by atoms with Crippen molar-refractivity contribution < 1.29 is 14.7 Å². The summed E-state index contributed by atoms with van der Waals surface area (Å²) >= 11 is 1.72. The Morgan fingerprint density at radius 1 is 1.45 bits per heavy atom. The highest BCUT2D eigenvalue weighted by Gasteiger charge is 2.28. The maximum absolute atomic E-state index is 12.4. The van der Waals surface area contributed by atoms with E-state index in [1.165, 1.54) is 0 Å². The van der Waals surface area contributed by atoms with Crippen molar-refractivity contribution in [1.82, 2.24) is 4.90 Å². The van der Waals surface area contributed by atoms with E-state index in [1.807, 2.05) is 31.2 Å². The number of hydrogen-bond donors (Lipinski definition) is 1. The number of aryl methyl sites for hydroxylation is 1. The number of carbonyl (C=O) groups is 2. The minimum absolute atomic E-state index is 0.0298. The van der Waals surface area contributed by atoms with Gasteiger partial charge in [-0.2, -0.15) is 11.8 Å². The first kappa shape index (κ1) is 14.9. The van der Waals surface area contributed by atoms with Crippen LogP contribution in [0.4, 0.5) is 0 Å². The molecule has 1 saturated heterocycles. The molecular formula is C15H19NO3S. The summed E-state index contributed by atoms with van der Waals surface area (Å²) in [5.41, 5.74) is 2.12. The van der Waals surface area contributed by atoms with Gasteiger partial charge in [-0.25, -0.2) is 0 Å². The highest BCUT2D eigenvalue weighted by atomic mass is 32.2. The Labute approximate surface area is 123 Å². The van der Waals surface area contributed by atoms with E-state index in [4.69, 9.17) is 5.11 Å². The number of nitrogens with zero attached hydrogens (tertiary/aromatic N) is 1. The minimum Gasteiger partial charge on any atom is -0.481 e. The van der Waals surface area contributed by atoms with Gasteiger partial charge in [-0.1, -0.05) is 29.8 Å². The molecule has 1 aromatic carbocycles. The van der Waals surface area contributed by atoms with E-state index < -0.39 is 5.97 Å². The van der Waals surface area contributed by atoms with Crippen molar-refractivity contribution >= 4 is 23.6 Å². The lowest BCUT2D eigenvalue weighted by Crippen LogP contribution is -2.47. The van der Waals surface area contributed by atoms with Gasteiger partial charge in [0.05, 0.1) is 18.9 Å². The van der Waals surface area contributed by atoms with Gasteiger partial charge in [0.25, 0.3) is 0 Å². The van der Waals surface area contributed by atoms with E-state index in [0.29, 0.717) is 18.7 Å². The largest absolute Gasteiger partial charge is 0.481 e. The topological polar surface area (TPSA) is 57.6 Å². The molecule has 20 heavy (non-hydrogen) atoms. The second-order valence-corrected chi connectivity index (χ2v) is 6.23. The van der Waals surface area contributed by atoms with E-state index in [2.05, 4.69) is 0 Å². The minimum atomic E-state index is -0.842. The molecule has 4 nitrogen and oxygen atoms in total. The Balaban J connectivity index is 2.04. The van der Waals surface area contributed by atoms with Gasteiger partial charge < -0.3 is 10.0 Å². The number of rotatable bonds is 4. The quantitative estimate of drug-likeness (QED) is 0.922. The molecule has 108 valence electrons. The van der Waals surface area contributed by atoms with Crippen LogP contribution in [-0.2, 0) is 16.0 Å². The predicted octanol–water partition coefficient (Wildman–Crippen LogP) is 1.96. The summed E-state index contributed by atoms with van der Waals surface area (Å²) in [5, 5.41) is 8.94. The summed E-state index contributed by atoms with van der Waals surface area (Å²) in [7, 11) is 0. The van der Waals surface area contributed by atoms with Gasteiger partial charge in [0, 0.05) is 18.1 Å². The summed E-state index contributed by atoms with van der Waals surface area (Å²) in [6, 6.07) is 7.71. The molecule has 1 heterocycles. The van der Waals surface area contributed by atoms with E-state index in [0.717, 1.165) is 16.9 Å². The zero-order valence-electron chi connectivity index (χ0n) is 11.5. The number of carboxylic acids is 1. The van der Waals surface area contributed by atoms with E-state index in [9.17, 15) is 9.59 Å². The lowest BCUT2D eigenvalue weighted by molar-refractivity contribution is -0.140. The number of hydrogen-bond acceptors (Lipinski definition) is 3. The zero-order chi connectivity index (χ0) is 14.5. The van der Waals surface area contributed by atoms with Crippen molar-refractivity contribution in [2.24, 2.45) is 0 Å². The Morgan fingerprint density at radius 2 is 2.25 bits per heavy atom. The Morgan fingerprint density at radius 3 is 2.95 bits per heavy atom. The number of aliphatic carboxylic acids is 1. The Kier molecular flexibility index (Phi) is 5.06. The van der Waals surface area contributed by atoms with Crippen LogP contribution in [0.25, 0.3) is 0 Å². The van der Waals surface area contributed by atoms with Crippen molar-refractivity contribution in [3.63, 3.8) is 0 Å². The highest BCUT2D eigenvalue weighted by molar-refractivity contribution is 7.99. The zero-order valence-corrected chi connectivity index (χ0v) is 12.4. The van der Waals surface area contributed by atoms with Gasteiger partial charge in [0.1, 0.15) is 0 Å². The van der Waals surface area contributed by atoms with Crippen LogP contribution in [0.15, 0.2) is 24.3 Å². The Hall–Kier alpha value is -1.49. The van der Waals surface area contributed by atoms with Crippen molar-refractivity contribution in [1.29, 1.82) is 0 Å². The van der Waals surface area contributed by atoms with Crippen molar-refractivity contribution in [2.75, 3.05) is 18.1 Å². The summed E-state index contributed by atoms with van der Waals surface area (Å²) in [4.78, 5) is 25.0. The second-order valence-electron chi connectivity index (χ2n) is 5.08. The average molecular weight is 293 g/mol. The number of benzene rings is 1. The smallest absolute Gasteiger partial charge is 0.305 e. The molecule has 0 bridgehead atoms. The normalized spacial score (nSPS) is 18.9. The lowest BCUT2D eigenvalue weighted by atomic mass is 10.1. The van der Waals surface area contributed by atoms with Gasteiger partial charge >= 0.3 is 5.97 Å². The van der Waals surface area contributed by atoms with Crippen LogP contribution in [0, 0.1) is 6.92 Å². The molecule has 5 heteroatoms. The van der Waals surface area contributed by atoms with Crippen molar-refractivity contribution in [3.05, 3.63) is 35.4 Å². The number of amides is 1. The Bertz CT molecular complexity index is 504. The van der Waals surface area contributed by atoms with Crippen LogP contribution >= 0.6 is 11.8 Å². The monoisotopic (exact) mass is 293 g/mol. The molecule has 1 aliphatic rings. The standard InChI is InChI=1S/C15H19NO3S/c1-11-3-2-4-12(7-11)8-14(17)16-5-6-20-10-13(16)9-15(18)19/h2-4,7,13H,5-6,8-10H2,1H3,(H,18,19). The highest BCUT2D eigenvalue weighted by Crippen LogP contribution is 2.20. The number of carboxylic acid groups (broad SMARTS) is 1. The fraction of sp³-hybridized carbons (Fsp3) is 0.467. The molecule has 1 aliphatic heterocycles. The van der Waals surface area contributed by atoms with Crippen LogP contribution in [0.2, 0.25) is 0 Å².